The smallest absolute Gasteiger partial charge is 0.414 e. The van der Waals surface area contributed by atoms with Crippen molar-refractivity contribution in [3.63, 3.8) is 0 Å². The van der Waals surface area contributed by atoms with Crippen molar-refractivity contribution in [2.75, 3.05) is 6.61 Å². The second kappa shape index (κ2) is 6.44. The number of aromatic nitrogens is 1. The summed E-state index contributed by atoms with van der Waals surface area (Å²) in [7, 11) is 0. The van der Waals surface area contributed by atoms with Gasteiger partial charge in [0, 0.05) is 6.07 Å². The van der Waals surface area contributed by atoms with Gasteiger partial charge in [-0.3, -0.25) is 0 Å². The molecule has 0 fully saturated rings. The summed E-state index contributed by atoms with van der Waals surface area (Å²) in [6.07, 6.45) is 2.60. The number of rotatable bonds is 6. The van der Waals surface area contributed by atoms with Crippen molar-refractivity contribution < 1.29 is 13.7 Å². The summed E-state index contributed by atoms with van der Waals surface area (Å²) in [4.78, 5) is 0. The maximum Gasteiger partial charge on any atom is 0.561 e. The van der Waals surface area contributed by atoms with Crippen molar-refractivity contribution in [3.8, 4) is 6.08 Å². The van der Waals surface area contributed by atoms with E-state index in [0.29, 0.717) is 12.7 Å². The van der Waals surface area contributed by atoms with Crippen LogP contribution in [0.3, 0.4) is 0 Å². The third kappa shape index (κ3) is 3.07. The third-order valence-electron chi connectivity index (χ3n) is 3.57. The van der Waals surface area contributed by atoms with Crippen LogP contribution < -0.4 is 9.30 Å². The lowest BCUT2D eigenvalue weighted by Crippen LogP contribution is -2.32. The summed E-state index contributed by atoms with van der Waals surface area (Å²) in [6, 6.07) is 18.5. The Kier molecular flexibility index (Phi) is 4.20. The number of oxazole rings is 1. The number of aryl methyl sites for hydroxylation is 2. The molecule has 0 saturated heterocycles. The fraction of sp³-hybridized carbons (Fsp3) is 0.278. The Labute approximate surface area is 124 Å². The zero-order valence-electron chi connectivity index (χ0n) is 12.3. The predicted octanol–water partition coefficient (Wildman–Crippen LogP) is 3.75. The molecule has 0 saturated carbocycles. The summed E-state index contributed by atoms with van der Waals surface area (Å²) in [6.45, 7) is 3.60. The molecule has 1 aromatic heterocycles. The summed E-state index contributed by atoms with van der Waals surface area (Å²) in [5, 5.41) is 0. The van der Waals surface area contributed by atoms with Crippen molar-refractivity contribution in [3.05, 3.63) is 60.2 Å². The number of benzene rings is 2. The first-order valence-electron chi connectivity index (χ1n) is 7.46. The molecule has 0 spiro atoms. The molecule has 0 unspecified atom stereocenters. The Morgan fingerprint density at radius 2 is 1.76 bits per heavy atom. The molecule has 3 heteroatoms. The van der Waals surface area contributed by atoms with E-state index >= 15 is 0 Å². The molecule has 0 aliphatic heterocycles. The third-order valence-corrected chi connectivity index (χ3v) is 3.57. The van der Waals surface area contributed by atoms with Crippen molar-refractivity contribution in [1.29, 1.82) is 0 Å². The number of ether oxygens (including phenoxy) is 1. The van der Waals surface area contributed by atoms with Crippen LogP contribution in [0.15, 0.2) is 59.0 Å². The Bertz CT molecular complexity index is 704. The van der Waals surface area contributed by atoms with E-state index in [2.05, 4.69) is 41.8 Å². The largest absolute Gasteiger partial charge is 0.561 e. The average Bonchev–Trinajstić information content (AvgIpc) is 2.90. The van der Waals surface area contributed by atoms with Gasteiger partial charge in [0.05, 0.1) is 6.61 Å². The minimum Gasteiger partial charge on any atom is -0.414 e. The van der Waals surface area contributed by atoms with Gasteiger partial charge < -0.3 is 9.15 Å². The van der Waals surface area contributed by atoms with E-state index in [-0.39, 0.29) is 0 Å². The number of hydrogen-bond acceptors (Lipinski definition) is 2. The highest BCUT2D eigenvalue weighted by atomic mass is 16.6. The van der Waals surface area contributed by atoms with Gasteiger partial charge in [-0.05, 0) is 31.4 Å². The summed E-state index contributed by atoms with van der Waals surface area (Å²) < 4.78 is 13.7. The zero-order chi connectivity index (χ0) is 14.5. The standard InChI is InChI=1S/C18H20NO2/c1-2-19-16-12-6-7-13-17(16)21-18(19)20-14-8-11-15-9-4-3-5-10-15/h3-7,9-10,12-13H,2,8,11,14H2,1H3/q+1. The van der Waals surface area contributed by atoms with E-state index in [1.807, 2.05) is 24.3 Å². The van der Waals surface area contributed by atoms with Crippen molar-refractivity contribution in [2.24, 2.45) is 0 Å². The van der Waals surface area contributed by atoms with Crippen LogP contribution in [0, 0.1) is 0 Å². The molecule has 2 aromatic carbocycles. The SMILES string of the molecule is CC[n+]1c(OCCCc2ccccc2)oc2ccccc21. The predicted molar refractivity (Wildman–Crippen MR) is 82.3 cm³/mol. The molecule has 108 valence electrons. The molecule has 1 heterocycles. The van der Waals surface area contributed by atoms with Gasteiger partial charge in [-0.25, -0.2) is 0 Å². The van der Waals surface area contributed by atoms with E-state index in [0.717, 1.165) is 30.5 Å². The molecular weight excluding hydrogens is 262 g/mol. The van der Waals surface area contributed by atoms with Crippen LogP contribution in [0.5, 0.6) is 6.08 Å². The average molecular weight is 282 g/mol. The van der Waals surface area contributed by atoms with Gasteiger partial charge in [0.15, 0.2) is 6.54 Å². The lowest BCUT2D eigenvalue weighted by molar-refractivity contribution is -0.678. The molecule has 0 atom stereocenters. The fourth-order valence-electron chi connectivity index (χ4n) is 2.50. The van der Waals surface area contributed by atoms with Crippen LogP contribution in [0.4, 0.5) is 0 Å². The molecule has 0 aliphatic carbocycles. The Balaban J connectivity index is 1.63. The minimum absolute atomic E-state index is 0.603. The van der Waals surface area contributed by atoms with Crippen molar-refractivity contribution in [1.82, 2.24) is 0 Å². The first kappa shape index (κ1) is 13.7. The Morgan fingerprint density at radius 3 is 2.57 bits per heavy atom. The fourth-order valence-corrected chi connectivity index (χ4v) is 2.50. The molecule has 0 N–H and O–H groups in total. The molecule has 0 amide bonds. The molecule has 0 bridgehead atoms. The second-order valence-corrected chi connectivity index (χ2v) is 5.02. The summed E-state index contributed by atoms with van der Waals surface area (Å²) >= 11 is 0. The minimum atomic E-state index is 0.603. The van der Waals surface area contributed by atoms with Crippen LogP contribution in [0.2, 0.25) is 0 Å². The van der Waals surface area contributed by atoms with Crippen molar-refractivity contribution in [2.45, 2.75) is 26.3 Å². The lowest BCUT2D eigenvalue weighted by atomic mass is 10.1. The highest BCUT2D eigenvalue weighted by molar-refractivity contribution is 5.68. The quantitative estimate of drug-likeness (QED) is 0.508. The maximum atomic E-state index is 5.83. The first-order valence-corrected chi connectivity index (χ1v) is 7.46. The van der Waals surface area contributed by atoms with Gasteiger partial charge >= 0.3 is 6.08 Å². The highest BCUT2D eigenvalue weighted by Gasteiger charge is 2.22. The Hall–Kier alpha value is -2.29. The molecule has 0 aliphatic rings. The van der Waals surface area contributed by atoms with Crippen LogP contribution in [0.25, 0.3) is 11.1 Å². The molecule has 3 rings (SSSR count). The summed E-state index contributed by atoms with van der Waals surface area (Å²) in [5.41, 5.74) is 3.30. The van der Waals surface area contributed by atoms with Crippen LogP contribution in [-0.4, -0.2) is 6.61 Å². The summed E-state index contributed by atoms with van der Waals surface area (Å²) in [5.74, 6) is 0. The van der Waals surface area contributed by atoms with Gasteiger partial charge in [-0.15, -0.1) is 4.57 Å². The topological polar surface area (TPSA) is 26.2 Å². The van der Waals surface area contributed by atoms with Crippen LogP contribution in [0.1, 0.15) is 18.9 Å². The number of hydrogen-bond donors (Lipinski definition) is 0. The molecule has 3 aromatic rings. The maximum absolute atomic E-state index is 5.83. The number of fused-ring (bicyclic) bond motifs is 1. The monoisotopic (exact) mass is 282 g/mol. The van der Waals surface area contributed by atoms with E-state index in [9.17, 15) is 0 Å². The van der Waals surface area contributed by atoms with Crippen LogP contribution in [-0.2, 0) is 13.0 Å². The molecule has 3 nitrogen and oxygen atoms in total. The van der Waals surface area contributed by atoms with Crippen molar-refractivity contribution >= 4 is 11.1 Å². The van der Waals surface area contributed by atoms with E-state index < -0.39 is 0 Å². The molecular formula is C18H20NO2+. The number of para-hydroxylation sites is 2. The van der Waals surface area contributed by atoms with E-state index in [4.69, 9.17) is 9.15 Å². The molecule has 0 radical (unpaired) electrons. The highest BCUT2D eigenvalue weighted by Crippen LogP contribution is 2.18. The zero-order valence-corrected chi connectivity index (χ0v) is 12.3. The van der Waals surface area contributed by atoms with Gasteiger partial charge in [-0.2, -0.15) is 0 Å². The molecule has 21 heavy (non-hydrogen) atoms. The second-order valence-electron chi connectivity index (χ2n) is 5.02. The normalized spacial score (nSPS) is 10.9. The van der Waals surface area contributed by atoms with E-state index in [1.54, 1.807) is 0 Å². The number of nitrogens with zero attached hydrogens (tertiary/aromatic N) is 1. The Morgan fingerprint density at radius 1 is 1.00 bits per heavy atom. The first-order chi connectivity index (χ1) is 10.4. The lowest BCUT2D eigenvalue weighted by Gasteiger charge is -2.01. The van der Waals surface area contributed by atoms with Gasteiger partial charge in [0.2, 0.25) is 5.58 Å². The van der Waals surface area contributed by atoms with Gasteiger partial charge in [-0.1, -0.05) is 42.5 Å². The van der Waals surface area contributed by atoms with Gasteiger partial charge in [0.25, 0.3) is 5.52 Å². The van der Waals surface area contributed by atoms with Gasteiger partial charge in [0.1, 0.15) is 0 Å². The van der Waals surface area contributed by atoms with Crippen LogP contribution >= 0.6 is 0 Å². The van der Waals surface area contributed by atoms with E-state index in [1.165, 1.54) is 5.56 Å².